The zero-order chi connectivity index (χ0) is 16.0. The van der Waals surface area contributed by atoms with Gasteiger partial charge in [0.15, 0.2) is 0 Å². The van der Waals surface area contributed by atoms with Crippen LogP contribution in [0.4, 0.5) is 0 Å². The van der Waals surface area contributed by atoms with Gasteiger partial charge in [0.2, 0.25) is 0 Å². The van der Waals surface area contributed by atoms with Gasteiger partial charge in [-0.05, 0) is 46.2 Å². The van der Waals surface area contributed by atoms with Crippen molar-refractivity contribution < 1.29 is 5.11 Å². The standard InChI is InChI=1S/C18H24O.C2H6/c1-5-6-17(18(2,3)4)15-8-7-14-12-16(19)10-9-13(14)11-15;1-2/h7-12,17,19H,5-6H2,1-4H3;1-2H3. The molecule has 2 aromatic rings. The van der Waals surface area contributed by atoms with Gasteiger partial charge in [-0.1, -0.05) is 72.2 Å². The molecule has 0 saturated heterocycles. The Labute approximate surface area is 130 Å². The van der Waals surface area contributed by atoms with Crippen molar-refractivity contribution in [2.45, 2.75) is 60.3 Å². The summed E-state index contributed by atoms with van der Waals surface area (Å²) in [6.45, 7) is 13.2. The van der Waals surface area contributed by atoms with Gasteiger partial charge in [-0.15, -0.1) is 0 Å². The third-order valence-electron chi connectivity index (χ3n) is 3.87. The second-order valence-corrected chi connectivity index (χ2v) is 6.50. The van der Waals surface area contributed by atoms with E-state index in [4.69, 9.17) is 0 Å². The first-order valence-electron chi connectivity index (χ1n) is 8.14. The number of benzene rings is 2. The molecular weight excluding hydrogens is 256 g/mol. The lowest BCUT2D eigenvalue weighted by Gasteiger charge is -2.31. The van der Waals surface area contributed by atoms with Crippen LogP contribution in [0.25, 0.3) is 10.8 Å². The van der Waals surface area contributed by atoms with E-state index in [2.05, 4.69) is 45.9 Å². The summed E-state index contributed by atoms with van der Waals surface area (Å²) >= 11 is 0. The average Bonchev–Trinajstić information content (AvgIpc) is 2.45. The van der Waals surface area contributed by atoms with Gasteiger partial charge in [-0.25, -0.2) is 0 Å². The molecule has 1 heteroatoms. The fraction of sp³-hybridized carbons (Fsp3) is 0.500. The van der Waals surface area contributed by atoms with E-state index >= 15 is 0 Å². The molecule has 2 rings (SSSR count). The maximum atomic E-state index is 9.52. The van der Waals surface area contributed by atoms with Crippen LogP contribution >= 0.6 is 0 Å². The molecule has 0 aliphatic heterocycles. The molecule has 0 saturated carbocycles. The van der Waals surface area contributed by atoms with Crippen molar-refractivity contribution in [3.05, 3.63) is 42.0 Å². The summed E-state index contributed by atoms with van der Waals surface area (Å²) in [5.74, 6) is 0.914. The summed E-state index contributed by atoms with van der Waals surface area (Å²) in [4.78, 5) is 0. The summed E-state index contributed by atoms with van der Waals surface area (Å²) in [7, 11) is 0. The second kappa shape index (κ2) is 7.49. The third kappa shape index (κ3) is 4.49. The first kappa shape index (κ1) is 17.6. The first-order valence-corrected chi connectivity index (χ1v) is 8.14. The average molecular weight is 286 g/mol. The second-order valence-electron chi connectivity index (χ2n) is 6.50. The molecule has 0 heterocycles. The molecule has 0 fully saturated rings. The number of phenolic OH excluding ortho intramolecular Hbond substituents is 1. The highest BCUT2D eigenvalue weighted by atomic mass is 16.3. The van der Waals surface area contributed by atoms with E-state index in [1.807, 2.05) is 26.0 Å². The predicted octanol–water partition coefficient (Wildman–Crippen LogP) is 6.50. The first-order chi connectivity index (χ1) is 9.91. The molecule has 0 aromatic heterocycles. The lowest BCUT2D eigenvalue weighted by molar-refractivity contribution is 0.303. The molecule has 1 N–H and O–H groups in total. The minimum atomic E-state index is 0.278. The summed E-state index contributed by atoms with van der Waals surface area (Å²) in [5, 5.41) is 11.8. The molecule has 0 radical (unpaired) electrons. The maximum Gasteiger partial charge on any atom is 0.116 e. The lowest BCUT2D eigenvalue weighted by Crippen LogP contribution is -2.18. The zero-order valence-corrected chi connectivity index (χ0v) is 14.4. The molecule has 1 atom stereocenters. The molecule has 0 aliphatic rings. The van der Waals surface area contributed by atoms with E-state index in [9.17, 15) is 5.11 Å². The van der Waals surface area contributed by atoms with E-state index in [0.29, 0.717) is 11.7 Å². The Morgan fingerprint density at radius 2 is 1.52 bits per heavy atom. The molecule has 0 aliphatic carbocycles. The van der Waals surface area contributed by atoms with Crippen LogP contribution in [0.5, 0.6) is 5.75 Å². The van der Waals surface area contributed by atoms with Gasteiger partial charge >= 0.3 is 0 Å². The smallest absolute Gasteiger partial charge is 0.116 e. The van der Waals surface area contributed by atoms with Gasteiger partial charge in [0.25, 0.3) is 0 Å². The highest BCUT2D eigenvalue weighted by molar-refractivity contribution is 5.84. The van der Waals surface area contributed by atoms with Crippen molar-refractivity contribution in [2.75, 3.05) is 0 Å². The molecular formula is C20H30O. The van der Waals surface area contributed by atoms with Gasteiger partial charge in [-0.3, -0.25) is 0 Å². The normalized spacial score (nSPS) is 12.7. The zero-order valence-electron chi connectivity index (χ0n) is 14.4. The number of rotatable bonds is 3. The van der Waals surface area contributed by atoms with E-state index < -0.39 is 0 Å². The highest BCUT2D eigenvalue weighted by Crippen LogP contribution is 2.39. The van der Waals surface area contributed by atoms with E-state index in [1.165, 1.54) is 23.8 Å². The minimum absolute atomic E-state index is 0.278. The molecule has 0 bridgehead atoms. The van der Waals surface area contributed by atoms with Crippen LogP contribution in [0.15, 0.2) is 36.4 Å². The molecule has 0 amide bonds. The van der Waals surface area contributed by atoms with E-state index in [0.717, 1.165) is 5.39 Å². The molecule has 1 unspecified atom stereocenters. The molecule has 1 nitrogen and oxygen atoms in total. The van der Waals surface area contributed by atoms with Gasteiger partial charge in [0.05, 0.1) is 0 Å². The van der Waals surface area contributed by atoms with Crippen LogP contribution in [-0.2, 0) is 0 Å². The number of hydrogen-bond acceptors (Lipinski definition) is 1. The number of fused-ring (bicyclic) bond motifs is 1. The summed E-state index contributed by atoms with van der Waals surface area (Å²) in [5.41, 5.74) is 1.69. The maximum absolute atomic E-state index is 9.52. The van der Waals surface area contributed by atoms with Crippen LogP contribution < -0.4 is 0 Å². The molecule has 0 spiro atoms. The quantitative estimate of drug-likeness (QED) is 0.682. The third-order valence-corrected chi connectivity index (χ3v) is 3.87. The van der Waals surface area contributed by atoms with Crippen LogP contribution in [0.3, 0.4) is 0 Å². The van der Waals surface area contributed by atoms with Crippen LogP contribution in [0, 0.1) is 5.41 Å². The van der Waals surface area contributed by atoms with Crippen molar-refractivity contribution in [2.24, 2.45) is 5.41 Å². The Morgan fingerprint density at radius 3 is 2.10 bits per heavy atom. The molecule has 2 aromatic carbocycles. The fourth-order valence-corrected chi connectivity index (χ4v) is 2.86. The predicted molar refractivity (Wildman–Crippen MR) is 94.1 cm³/mol. The summed E-state index contributed by atoms with van der Waals surface area (Å²) < 4.78 is 0. The van der Waals surface area contributed by atoms with Crippen molar-refractivity contribution >= 4 is 10.8 Å². The van der Waals surface area contributed by atoms with Crippen LogP contribution in [0.1, 0.15) is 65.9 Å². The topological polar surface area (TPSA) is 20.2 Å². The van der Waals surface area contributed by atoms with E-state index in [1.54, 1.807) is 6.07 Å². The Bertz CT molecular complexity index is 564. The van der Waals surface area contributed by atoms with Crippen LogP contribution in [0.2, 0.25) is 0 Å². The number of hydrogen-bond donors (Lipinski definition) is 1. The molecule has 21 heavy (non-hydrogen) atoms. The van der Waals surface area contributed by atoms with Gasteiger partial charge in [0.1, 0.15) is 5.75 Å². The number of aromatic hydroxyl groups is 1. The van der Waals surface area contributed by atoms with Crippen molar-refractivity contribution in [3.63, 3.8) is 0 Å². The Morgan fingerprint density at radius 1 is 0.952 bits per heavy atom. The van der Waals surface area contributed by atoms with E-state index in [-0.39, 0.29) is 5.41 Å². The summed E-state index contributed by atoms with van der Waals surface area (Å²) in [6.07, 6.45) is 2.42. The number of phenols is 1. The summed E-state index contributed by atoms with van der Waals surface area (Å²) in [6, 6.07) is 12.2. The van der Waals surface area contributed by atoms with Crippen LogP contribution in [-0.4, -0.2) is 5.11 Å². The SMILES string of the molecule is CC.CCCC(c1ccc2cc(O)ccc2c1)C(C)(C)C. The van der Waals surface area contributed by atoms with Crippen molar-refractivity contribution in [1.29, 1.82) is 0 Å². The molecule has 116 valence electrons. The monoisotopic (exact) mass is 286 g/mol. The Hall–Kier alpha value is -1.50. The largest absolute Gasteiger partial charge is 0.508 e. The van der Waals surface area contributed by atoms with Gasteiger partial charge in [-0.2, -0.15) is 0 Å². The minimum Gasteiger partial charge on any atom is -0.508 e. The lowest BCUT2D eigenvalue weighted by atomic mass is 9.74. The van der Waals surface area contributed by atoms with Crippen molar-refractivity contribution in [3.8, 4) is 5.75 Å². The van der Waals surface area contributed by atoms with Crippen molar-refractivity contribution in [1.82, 2.24) is 0 Å². The fourth-order valence-electron chi connectivity index (χ4n) is 2.86. The Balaban J connectivity index is 0.00000106. The Kier molecular flexibility index (Phi) is 6.26. The highest BCUT2D eigenvalue weighted by Gasteiger charge is 2.25. The van der Waals surface area contributed by atoms with Gasteiger partial charge < -0.3 is 5.11 Å². The van der Waals surface area contributed by atoms with Gasteiger partial charge in [0, 0.05) is 0 Å².